The van der Waals surface area contributed by atoms with Gasteiger partial charge < -0.3 is 4.74 Å². The second kappa shape index (κ2) is 5.95. The fourth-order valence-corrected chi connectivity index (χ4v) is 1.64. The van der Waals surface area contributed by atoms with E-state index in [2.05, 4.69) is 16.9 Å². The first-order chi connectivity index (χ1) is 7.95. The summed E-state index contributed by atoms with van der Waals surface area (Å²) < 4.78 is 28.0. The highest BCUT2D eigenvalue weighted by molar-refractivity contribution is 7.90. The lowest BCUT2D eigenvalue weighted by Gasteiger charge is -2.09. The van der Waals surface area contributed by atoms with Gasteiger partial charge in [-0.25, -0.2) is 18.4 Å². The van der Waals surface area contributed by atoms with Crippen molar-refractivity contribution in [1.82, 2.24) is 9.97 Å². The molecule has 0 aromatic carbocycles. The average Bonchev–Trinajstić information content (AvgIpc) is 2.28. The second-order valence-corrected chi connectivity index (χ2v) is 6.32. The van der Waals surface area contributed by atoms with E-state index in [1.54, 1.807) is 6.92 Å². The first kappa shape index (κ1) is 13.9. The van der Waals surface area contributed by atoms with Gasteiger partial charge in [0, 0.05) is 6.26 Å². The molecular weight excluding hydrogens is 240 g/mol. The molecule has 1 aromatic heterocycles. The summed E-state index contributed by atoms with van der Waals surface area (Å²) in [7, 11) is -3.16. The Balaban J connectivity index is 2.68. The number of rotatable bonds is 6. The number of unbranched alkanes of at least 4 members (excludes halogenated alkanes) is 1. The monoisotopic (exact) mass is 258 g/mol. The molecule has 0 aliphatic rings. The van der Waals surface area contributed by atoms with Crippen molar-refractivity contribution in [1.29, 1.82) is 0 Å². The summed E-state index contributed by atoms with van der Waals surface area (Å²) >= 11 is 0. The van der Waals surface area contributed by atoms with Gasteiger partial charge in [-0.05, 0) is 13.3 Å². The van der Waals surface area contributed by atoms with Crippen LogP contribution in [0.25, 0.3) is 0 Å². The smallest absolute Gasteiger partial charge is 0.157 e. The van der Waals surface area contributed by atoms with Gasteiger partial charge in [0.2, 0.25) is 0 Å². The number of sulfone groups is 1. The number of nitrogens with zero attached hydrogens (tertiary/aromatic N) is 2. The zero-order valence-electron chi connectivity index (χ0n) is 10.4. The Kier molecular flexibility index (Phi) is 4.86. The third-order valence-electron chi connectivity index (χ3n) is 2.42. The molecule has 0 radical (unpaired) electrons. The highest BCUT2D eigenvalue weighted by Crippen LogP contribution is 2.18. The summed E-state index contributed by atoms with van der Waals surface area (Å²) in [6, 6.07) is 0. The normalized spacial score (nSPS) is 13.4. The van der Waals surface area contributed by atoms with Gasteiger partial charge in [-0.1, -0.05) is 13.3 Å². The molecule has 0 bridgehead atoms. The molecule has 0 fully saturated rings. The minimum atomic E-state index is -3.16. The second-order valence-electron chi connectivity index (χ2n) is 3.95. The Labute approximate surface area is 102 Å². The van der Waals surface area contributed by atoms with E-state index < -0.39 is 15.1 Å². The molecular formula is C11H18N2O3S. The van der Waals surface area contributed by atoms with E-state index in [1.807, 2.05) is 0 Å². The molecule has 0 N–H and O–H groups in total. The zero-order valence-corrected chi connectivity index (χ0v) is 11.2. The number of aromatic nitrogens is 2. The first-order valence-electron chi connectivity index (χ1n) is 5.58. The van der Waals surface area contributed by atoms with Gasteiger partial charge in [-0.15, -0.1) is 0 Å². The summed E-state index contributed by atoms with van der Waals surface area (Å²) in [5, 5.41) is -0.688. The summed E-state index contributed by atoms with van der Waals surface area (Å²) in [4.78, 5) is 8.02. The number of hydrogen-bond acceptors (Lipinski definition) is 5. The van der Waals surface area contributed by atoms with E-state index in [9.17, 15) is 8.42 Å². The Morgan fingerprint density at radius 2 is 1.94 bits per heavy atom. The molecule has 1 unspecified atom stereocenters. The van der Waals surface area contributed by atoms with Crippen molar-refractivity contribution in [2.24, 2.45) is 0 Å². The van der Waals surface area contributed by atoms with Gasteiger partial charge in [0.15, 0.2) is 15.6 Å². The molecule has 1 atom stereocenters. The maximum atomic E-state index is 11.3. The quantitative estimate of drug-likeness (QED) is 0.727. The third-order valence-corrected chi connectivity index (χ3v) is 3.92. The lowest BCUT2D eigenvalue weighted by atomic mass is 10.4. The van der Waals surface area contributed by atoms with Gasteiger partial charge in [0.25, 0.3) is 0 Å². The van der Waals surface area contributed by atoms with Gasteiger partial charge in [-0.2, -0.15) is 0 Å². The molecule has 0 aliphatic heterocycles. The van der Waals surface area contributed by atoms with Crippen molar-refractivity contribution >= 4 is 9.84 Å². The van der Waals surface area contributed by atoms with E-state index in [4.69, 9.17) is 4.74 Å². The Bertz CT molecular complexity index is 442. The molecule has 1 rings (SSSR count). The van der Waals surface area contributed by atoms with Crippen LogP contribution in [0.4, 0.5) is 0 Å². The molecule has 0 saturated heterocycles. The Morgan fingerprint density at radius 1 is 1.35 bits per heavy atom. The molecule has 1 aromatic rings. The minimum absolute atomic E-state index is 0.301. The molecule has 96 valence electrons. The molecule has 1 heterocycles. The summed E-state index contributed by atoms with van der Waals surface area (Å²) in [5.41, 5.74) is 0. The van der Waals surface area contributed by atoms with Crippen LogP contribution in [0.2, 0.25) is 0 Å². The Hall–Kier alpha value is -1.17. The molecule has 17 heavy (non-hydrogen) atoms. The summed E-state index contributed by atoms with van der Waals surface area (Å²) in [6.45, 7) is 4.28. The predicted octanol–water partition coefficient (Wildman–Crippen LogP) is 1.76. The molecule has 5 nitrogen and oxygen atoms in total. The van der Waals surface area contributed by atoms with Crippen LogP contribution in [0, 0.1) is 0 Å². The number of hydrogen-bond donors (Lipinski definition) is 0. The van der Waals surface area contributed by atoms with Crippen molar-refractivity contribution < 1.29 is 13.2 Å². The third kappa shape index (κ3) is 4.30. The van der Waals surface area contributed by atoms with E-state index in [0.29, 0.717) is 18.2 Å². The summed E-state index contributed by atoms with van der Waals surface area (Å²) in [6.07, 6.45) is 6.23. The minimum Gasteiger partial charge on any atom is -0.490 e. The van der Waals surface area contributed by atoms with Crippen LogP contribution in [0.15, 0.2) is 12.4 Å². The van der Waals surface area contributed by atoms with Crippen LogP contribution in [-0.4, -0.2) is 31.2 Å². The van der Waals surface area contributed by atoms with E-state index in [0.717, 1.165) is 12.8 Å². The number of ether oxygens (including phenoxy) is 1. The molecule has 6 heteroatoms. The lowest BCUT2D eigenvalue weighted by Crippen LogP contribution is -2.11. The molecule has 0 saturated carbocycles. The molecule has 0 spiro atoms. The van der Waals surface area contributed by atoms with Crippen molar-refractivity contribution in [3.05, 3.63) is 18.2 Å². The largest absolute Gasteiger partial charge is 0.490 e. The topological polar surface area (TPSA) is 69.2 Å². The maximum absolute atomic E-state index is 11.3. The molecule has 0 amide bonds. The Morgan fingerprint density at radius 3 is 2.41 bits per heavy atom. The highest BCUT2D eigenvalue weighted by atomic mass is 32.2. The van der Waals surface area contributed by atoms with E-state index in [-0.39, 0.29) is 0 Å². The van der Waals surface area contributed by atoms with Crippen molar-refractivity contribution in [2.75, 3.05) is 12.9 Å². The van der Waals surface area contributed by atoms with Crippen molar-refractivity contribution in [3.63, 3.8) is 0 Å². The van der Waals surface area contributed by atoms with Crippen LogP contribution < -0.4 is 4.74 Å². The lowest BCUT2D eigenvalue weighted by molar-refractivity contribution is 0.306. The van der Waals surface area contributed by atoms with Gasteiger partial charge in [0.1, 0.15) is 11.1 Å². The van der Waals surface area contributed by atoms with E-state index in [1.165, 1.54) is 18.6 Å². The standard InChI is InChI=1S/C11H18N2O3S/c1-4-5-6-16-10-7-12-11(13-8-10)9(2)17(3,14)15/h7-9H,4-6H2,1-3H3. The SMILES string of the molecule is CCCCOc1cnc(C(C)S(C)(=O)=O)nc1. The van der Waals surface area contributed by atoms with Gasteiger partial charge >= 0.3 is 0 Å². The maximum Gasteiger partial charge on any atom is 0.157 e. The fourth-order valence-electron chi connectivity index (χ4n) is 1.14. The van der Waals surface area contributed by atoms with Crippen LogP contribution in [-0.2, 0) is 9.84 Å². The summed E-state index contributed by atoms with van der Waals surface area (Å²) in [5.74, 6) is 0.873. The average molecular weight is 258 g/mol. The molecule has 0 aliphatic carbocycles. The van der Waals surface area contributed by atoms with Crippen LogP contribution in [0.3, 0.4) is 0 Å². The van der Waals surface area contributed by atoms with Crippen LogP contribution in [0.5, 0.6) is 5.75 Å². The predicted molar refractivity (Wildman–Crippen MR) is 65.7 cm³/mol. The van der Waals surface area contributed by atoms with Gasteiger partial charge in [0.05, 0.1) is 19.0 Å². The zero-order chi connectivity index (χ0) is 12.9. The van der Waals surface area contributed by atoms with Gasteiger partial charge in [-0.3, -0.25) is 0 Å². The van der Waals surface area contributed by atoms with Crippen LogP contribution >= 0.6 is 0 Å². The van der Waals surface area contributed by atoms with Crippen molar-refractivity contribution in [3.8, 4) is 5.75 Å². The van der Waals surface area contributed by atoms with E-state index >= 15 is 0 Å². The van der Waals surface area contributed by atoms with Crippen LogP contribution in [0.1, 0.15) is 37.8 Å². The fraction of sp³-hybridized carbons (Fsp3) is 0.636. The first-order valence-corrected chi connectivity index (χ1v) is 7.54. The highest BCUT2D eigenvalue weighted by Gasteiger charge is 2.19. The van der Waals surface area contributed by atoms with Crippen molar-refractivity contribution in [2.45, 2.75) is 31.9 Å².